The number of hydrogen-bond donors (Lipinski definition) is 1. The molecule has 4 rings (SSSR count). The molecule has 0 atom stereocenters. The lowest BCUT2D eigenvalue weighted by atomic mass is 10.1. The zero-order valence-corrected chi connectivity index (χ0v) is 17.4. The lowest BCUT2D eigenvalue weighted by molar-refractivity contribution is -0.117. The maximum atomic E-state index is 12.6. The molecule has 2 saturated heterocycles. The van der Waals surface area contributed by atoms with Crippen LogP contribution in [0.1, 0.15) is 24.8 Å². The highest BCUT2D eigenvalue weighted by atomic mass is 32.1. The van der Waals surface area contributed by atoms with E-state index in [4.69, 9.17) is 0 Å². The Labute approximate surface area is 171 Å². The minimum absolute atomic E-state index is 0.0692. The van der Waals surface area contributed by atoms with Crippen LogP contribution in [0.4, 0.5) is 16.5 Å². The summed E-state index contributed by atoms with van der Waals surface area (Å²) in [6.07, 6.45) is 5.45. The predicted molar refractivity (Wildman–Crippen MR) is 117 cm³/mol. The summed E-state index contributed by atoms with van der Waals surface area (Å²) in [6, 6.07) is 6.37. The highest BCUT2D eigenvalue weighted by Gasteiger charge is 2.19. The molecule has 0 saturated carbocycles. The fourth-order valence-electron chi connectivity index (χ4n) is 4.05. The number of amides is 1. The highest BCUT2D eigenvalue weighted by Crippen LogP contribution is 2.25. The molecule has 2 aliphatic rings. The number of thiazole rings is 1. The summed E-state index contributed by atoms with van der Waals surface area (Å²) in [4.78, 5) is 24.0. The van der Waals surface area contributed by atoms with Crippen LogP contribution in [0, 0.1) is 6.92 Å². The first-order valence-corrected chi connectivity index (χ1v) is 11.1. The van der Waals surface area contributed by atoms with Gasteiger partial charge in [0.1, 0.15) is 0 Å². The Kier molecular flexibility index (Phi) is 6.12. The highest BCUT2D eigenvalue weighted by molar-refractivity contribution is 7.13. The van der Waals surface area contributed by atoms with Gasteiger partial charge in [-0.05, 0) is 49.9 Å². The van der Waals surface area contributed by atoms with E-state index in [-0.39, 0.29) is 5.91 Å². The molecule has 2 fully saturated rings. The van der Waals surface area contributed by atoms with E-state index < -0.39 is 0 Å². The largest absolute Gasteiger partial charge is 0.372 e. The Balaban J connectivity index is 1.30. The van der Waals surface area contributed by atoms with Crippen LogP contribution in [0.2, 0.25) is 0 Å². The number of hydrogen-bond acceptors (Lipinski definition) is 6. The predicted octanol–water partition coefficient (Wildman–Crippen LogP) is 3.20. The Morgan fingerprint density at radius 1 is 1.07 bits per heavy atom. The fraction of sp³-hybridized carbons (Fsp3) is 0.524. The average molecular weight is 400 g/mol. The Morgan fingerprint density at radius 3 is 2.64 bits per heavy atom. The van der Waals surface area contributed by atoms with Gasteiger partial charge in [0.2, 0.25) is 5.91 Å². The molecule has 0 unspecified atom stereocenters. The van der Waals surface area contributed by atoms with Crippen molar-refractivity contribution >= 4 is 33.8 Å². The number of rotatable bonds is 5. The smallest absolute Gasteiger partial charge is 0.238 e. The summed E-state index contributed by atoms with van der Waals surface area (Å²) >= 11 is 1.68. The van der Waals surface area contributed by atoms with E-state index in [1.54, 1.807) is 11.3 Å². The van der Waals surface area contributed by atoms with Gasteiger partial charge in [0.15, 0.2) is 5.13 Å². The summed E-state index contributed by atoms with van der Waals surface area (Å²) < 4.78 is 0. The average Bonchev–Trinajstić information content (AvgIpc) is 3.36. The Hall–Kier alpha value is -2.12. The van der Waals surface area contributed by atoms with E-state index in [1.165, 1.54) is 18.5 Å². The van der Waals surface area contributed by atoms with Crippen molar-refractivity contribution in [2.24, 2.45) is 0 Å². The van der Waals surface area contributed by atoms with E-state index in [0.717, 1.165) is 62.1 Å². The molecular weight excluding hydrogens is 370 g/mol. The standard InChI is InChI=1S/C21H29N5OS/c1-17-15-18(25-9-2-3-10-25)5-6-19(17)23-20(27)16-24-8-4-11-26(13-12-24)21-22-7-14-28-21/h5-7,14-15H,2-4,8-13,16H2,1H3,(H,23,27). The zero-order valence-electron chi connectivity index (χ0n) is 16.6. The van der Waals surface area contributed by atoms with Crippen molar-refractivity contribution in [3.05, 3.63) is 35.3 Å². The van der Waals surface area contributed by atoms with Gasteiger partial charge < -0.3 is 15.1 Å². The van der Waals surface area contributed by atoms with Gasteiger partial charge in [-0.2, -0.15) is 0 Å². The molecule has 1 amide bonds. The summed E-state index contributed by atoms with van der Waals surface area (Å²) in [5, 5.41) is 6.21. The second-order valence-electron chi connectivity index (χ2n) is 7.67. The molecule has 1 aromatic carbocycles. The van der Waals surface area contributed by atoms with E-state index in [2.05, 4.69) is 44.1 Å². The number of nitrogens with zero attached hydrogens (tertiary/aromatic N) is 4. The Bertz CT molecular complexity index is 788. The number of anilines is 3. The summed E-state index contributed by atoms with van der Waals surface area (Å²) in [6.45, 7) is 8.55. The quantitative estimate of drug-likeness (QED) is 0.837. The van der Waals surface area contributed by atoms with E-state index in [9.17, 15) is 4.79 Å². The third-order valence-corrected chi connectivity index (χ3v) is 6.43. The molecular formula is C21H29N5OS. The van der Waals surface area contributed by atoms with Gasteiger partial charge in [-0.25, -0.2) is 4.98 Å². The van der Waals surface area contributed by atoms with Crippen molar-refractivity contribution in [1.82, 2.24) is 9.88 Å². The van der Waals surface area contributed by atoms with Crippen LogP contribution in [0.25, 0.3) is 0 Å². The van der Waals surface area contributed by atoms with E-state index in [1.807, 2.05) is 17.6 Å². The molecule has 1 N–H and O–H groups in total. The summed E-state index contributed by atoms with van der Waals surface area (Å²) in [7, 11) is 0. The number of benzene rings is 1. The van der Waals surface area contributed by atoms with Crippen LogP contribution in [0.3, 0.4) is 0 Å². The van der Waals surface area contributed by atoms with Crippen molar-refractivity contribution in [3.63, 3.8) is 0 Å². The van der Waals surface area contributed by atoms with Gasteiger partial charge in [-0.1, -0.05) is 0 Å². The molecule has 0 radical (unpaired) electrons. The molecule has 3 heterocycles. The van der Waals surface area contributed by atoms with Crippen LogP contribution in [-0.4, -0.2) is 61.6 Å². The second-order valence-corrected chi connectivity index (χ2v) is 8.55. The van der Waals surface area contributed by atoms with Crippen molar-refractivity contribution < 1.29 is 4.79 Å². The molecule has 7 heteroatoms. The number of carbonyl (C=O) groups is 1. The molecule has 28 heavy (non-hydrogen) atoms. The third kappa shape index (κ3) is 4.64. The molecule has 0 aliphatic carbocycles. The molecule has 1 aromatic heterocycles. The van der Waals surface area contributed by atoms with Crippen LogP contribution >= 0.6 is 11.3 Å². The monoisotopic (exact) mass is 399 g/mol. The van der Waals surface area contributed by atoms with Crippen LogP contribution in [0.15, 0.2) is 29.8 Å². The third-order valence-electron chi connectivity index (χ3n) is 5.60. The molecule has 0 spiro atoms. The van der Waals surface area contributed by atoms with Crippen molar-refractivity contribution in [3.8, 4) is 0 Å². The number of nitrogens with one attached hydrogen (secondary N) is 1. The second kappa shape index (κ2) is 8.92. The molecule has 6 nitrogen and oxygen atoms in total. The lowest BCUT2D eigenvalue weighted by Crippen LogP contribution is -2.36. The minimum atomic E-state index is 0.0692. The number of aryl methyl sites for hydroxylation is 1. The van der Waals surface area contributed by atoms with Gasteiger partial charge >= 0.3 is 0 Å². The van der Waals surface area contributed by atoms with Crippen LogP contribution in [-0.2, 0) is 4.79 Å². The van der Waals surface area contributed by atoms with Crippen LogP contribution in [0.5, 0.6) is 0 Å². The molecule has 150 valence electrons. The SMILES string of the molecule is Cc1cc(N2CCCC2)ccc1NC(=O)CN1CCCN(c2nccs2)CC1. The first kappa shape index (κ1) is 19.2. The first-order valence-electron chi connectivity index (χ1n) is 10.2. The molecule has 2 aliphatic heterocycles. The maximum Gasteiger partial charge on any atom is 0.238 e. The first-order chi connectivity index (χ1) is 13.7. The minimum Gasteiger partial charge on any atom is -0.372 e. The van der Waals surface area contributed by atoms with E-state index in [0.29, 0.717) is 6.54 Å². The maximum absolute atomic E-state index is 12.6. The summed E-state index contributed by atoms with van der Waals surface area (Å²) in [5.74, 6) is 0.0692. The van der Waals surface area contributed by atoms with Crippen molar-refractivity contribution in [2.75, 3.05) is 60.9 Å². The molecule has 2 aromatic rings. The van der Waals surface area contributed by atoms with Crippen molar-refractivity contribution in [2.45, 2.75) is 26.2 Å². The van der Waals surface area contributed by atoms with E-state index >= 15 is 0 Å². The van der Waals surface area contributed by atoms with Gasteiger partial charge in [0.05, 0.1) is 6.54 Å². The van der Waals surface area contributed by atoms with Gasteiger partial charge in [0.25, 0.3) is 0 Å². The van der Waals surface area contributed by atoms with Crippen molar-refractivity contribution in [1.29, 1.82) is 0 Å². The molecule has 0 bridgehead atoms. The van der Waals surface area contributed by atoms with Gasteiger partial charge in [-0.15, -0.1) is 11.3 Å². The number of aromatic nitrogens is 1. The van der Waals surface area contributed by atoms with Gasteiger partial charge in [0, 0.05) is 62.2 Å². The summed E-state index contributed by atoms with van der Waals surface area (Å²) in [5.41, 5.74) is 3.32. The number of carbonyl (C=O) groups excluding carboxylic acids is 1. The Morgan fingerprint density at radius 2 is 1.89 bits per heavy atom. The topological polar surface area (TPSA) is 51.7 Å². The van der Waals surface area contributed by atoms with Gasteiger partial charge in [-0.3, -0.25) is 9.69 Å². The zero-order chi connectivity index (χ0) is 19.3. The fourth-order valence-corrected chi connectivity index (χ4v) is 4.74. The lowest BCUT2D eigenvalue weighted by Gasteiger charge is -2.22. The normalized spacial score (nSPS) is 18.3. The van der Waals surface area contributed by atoms with Crippen LogP contribution < -0.4 is 15.1 Å².